The van der Waals surface area contributed by atoms with E-state index in [1.807, 2.05) is 12.1 Å². The highest BCUT2D eigenvalue weighted by molar-refractivity contribution is 5.69. The highest BCUT2D eigenvalue weighted by Crippen LogP contribution is 2.26. The summed E-state index contributed by atoms with van der Waals surface area (Å²) in [5, 5.41) is 3.45. The van der Waals surface area contributed by atoms with E-state index in [4.69, 9.17) is 4.74 Å². The van der Waals surface area contributed by atoms with Gasteiger partial charge < -0.3 is 14.8 Å². The molecular weight excluding hydrogens is 254 g/mol. The third kappa shape index (κ3) is 5.21. The number of ether oxygens (including phenoxy) is 2. The van der Waals surface area contributed by atoms with Crippen LogP contribution in [-0.2, 0) is 9.53 Å². The van der Waals surface area contributed by atoms with Crippen molar-refractivity contribution in [2.75, 3.05) is 20.3 Å². The van der Waals surface area contributed by atoms with Gasteiger partial charge in [0.2, 0.25) is 0 Å². The van der Waals surface area contributed by atoms with Crippen molar-refractivity contribution >= 4 is 5.97 Å². The molecule has 0 spiro atoms. The zero-order valence-corrected chi connectivity index (χ0v) is 12.9. The lowest BCUT2D eigenvalue weighted by molar-refractivity contribution is -0.141. The molecule has 4 heteroatoms. The maximum atomic E-state index is 11.1. The molecule has 0 saturated carbocycles. The fraction of sp³-hybridized carbons (Fsp3) is 0.562. The Balaban J connectivity index is 2.71. The van der Waals surface area contributed by atoms with Crippen LogP contribution in [0, 0.1) is 6.92 Å². The molecule has 0 aromatic heterocycles. The Kier molecular flexibility index (Phi) is 7.09. The van der Waals surface area contributed by atoms with Crippen LogP contribution in [0.5, 0.6) is 5.75 Å². The Morgan fingerprint density at radius 1 is 1.40 bits per heavy atom. The van der Waals surface area contributed by atoms with E-state index >= 15 is 0 Å². The van der Waals surface area contributed by atoms with Crippen molar-refractivity contribution in [1.82, 2.24) is 5.32 Å². The van der Waals surface area contributed by atoms with Crippen LogP contribution in [-0.4, -0.2) is 26.2 Å². The minimum absolute atomic E-state index is 0.225. The van der Waals surface area contributed by atoms with E-state index in [2.05, 4.69) is 36.9 Å². The summed E-state index contributed by atoms with van der Waals surface area (Å²) in [5.41, 5.74) is 2.33. The van der Waals surface area contributed by atoms with Crippen molar-refractivity contribution in [1.29, 1.82) is 0 Å². The van der Waals surface area contributed by atoms with E-state index in [0.29, 0.717) is 6.61 Å². The summed E-state index contributed by atoms with van der Waals surface area (Å²) in [6, 6.07) is 6.33. The molecule has 0 saturated heterocycles. The van der Waals surface area contributed by atoms with Gasteiger partial charge in [-0.25, -0.2) is 0 Å². The topological polar surface area (TPSA) is 47.6 Å². The lowest BCUT2D eigenvalue weighted by Gasteiger charge is -2.18. The van der Waals surface area contributed by atoms with Crippen LogP contribution >= 0.6 is 0 Å². The second-order valence-corrected chi connectivity index (χ2v) is 4.89. The maximum Gasteiger partial charge on any atom is 0.308 e. The van der Waals surface area contributed by atoms with Crippen LogP contribution in [0.15, 0.2) is 18.2 Å². The summed E-state index contributed by atoms with van der Waals surface area (Å²) in [6.45, 7) is 7.63. The van der Waals surface area contributed by atoms with Gasteiger partial charge in [-0.2, -0.15) is 0 Å². The van der Waals surface area contributed by atoms with Crippen LogP contribution in [0.4, 0.5) is 0 Å². The van der Waals surface area contributed by atoms with Crippen molar-refractivity contribution in [2.24, 2.45) is 0 Å². The molecule has 1 aromatic rings. The summed E-state index contributed by atoms with van der Waals surface area (Å²) in [6.07, 6.45) is 1.36. The van der Waals surface area contributed by atoms with Crippen LogP contribution in [0.3, 0.4) is 0 Å². The molecule has 0 aliphatic carbocycles. The first kappa shape index (κ1) is 16.5. The summed E-state index contributed by atoms with van der Waals surface area (Å²) in [4.78, 5) is 11.1. The van der Waals surface area contributed by atoms with Crippen molar-refractivity contribution in [3.05, 3.63) is 29.3 Å². The van der Waals surface area contributed by atoms with Crippen LogP contribution in [0.1, 0.15) is 43.9 Å². The van der Waals surface area contributed by atoms with E-state index in [1.165, 1.54) is 12.7 Å². The molecule has 0 amide bonds. The van der Waals surface area contributed by atoms with Gasteiger partial charge in [0.1, 0.15) is 5.75 Å². The molecule has 1 atom stereocenters. The first-order valence-corrected chi connectivity index (χ1v) is 7.12. The third-order valence-electron chi connectivity index (χ3n) is 3.12. The van der Waals surface area contributed by atoms with Gasteiger partial charge in [-0.3, -0.25) is 4.79 Å². The molecule has 1 N–H and O–H groups in total. The Morgan fingerprint density at radius 3 is 2.80 bits per heavy atom. The zero-order chi connectivity index (χ0) is 15.0. The van der Waals surface area contributed by atoms with Crippen molar-refractivity contribution in [3.8, 4) is 5.75 Å². The third-order valence-corrected chi connectivity index (χ3v) is 3.12. The largest absolute Gasteiger partial charge is 0.493 e. The van der Waals surface area contributed by atoms with E-state index < -0.39 is 0 Å². The molecule has 0 radical (unpaired) electrons. The number of aryl methyl sites for hydroxylation is 1. The lowest BCUT2D eigenvalue weighted by atomic mass is 10.0. The number of carbonyl (C=O) groups excluding carboxylic acids is 1. The quantitative estimate of drug-likeness (QED) is 0.743. The van der Waals surface area contributed by atoms with Crippen LogP contribution < -0.4 is 10.1 Å². The number of hydrogen-bond acceptors (Lipinski definition) is 4. The smallest absolute Gasteiger partial charge is 0.308 e. The second-order valence-electron chi connectivity index (χ2n) is 4.89. The molecule has 1 aromatic carbocycles. The lowest BCUT2D eigenvalue weighted by Crippen LogP contribution is -2.20. The van der Waals surface area contributed by atoms with Gasteiger partial charge in [-0.1, -0.05) is 24.6 Å². The Labute approximate surface area is 121 Å². The minimum atomic E-state index is -0.254. The van der Waals surface area contributed by atoms with Crippen molar-refractivity contribution < 1.29 is 14.3 Å². The number of carbonyl (C=O) groups is 1. The van der Waals surface area contributed by atoms with Gasteiger partial charge in [-0.15, -0.1) is 0 Å². The number of hydrogen-bond donors (Lipinski definition) is 1. The summed E-state index contributed by atoms with van der Waals surface area (Å²) in [7, 11) is 1.39. The molecule has 20 heavy (non-hydrogen) atoms. The zero-order valence-electron chi connectivity index (χ0n) is 12.9. The van der Waals surface area contributed by atoms with E-state index in [-0.39, 0.29) is 18.4 Å². The van der Waals surface area contributed by atoms with E-state index in [1.54, 1.807) is 0 Å². The van der Waals surface area contributed by atoms with Crippen molar-refractivity contribution in [2.45, 2.75) is 39.7 Å². The van der Waals surface area contributed by atoms with Gasteiger partial charge in [-0.05, 0) is 32.9 Å². The Morgan fingerprint density at radius 2 is 2.15 bits per heavy atom. The predicted molar refractivity (Wildman–Crippen MR) is 80.0 cm³/mol. The highest BCUT2D eigenvalue weighted by Gasteiger charge is 2.12. The fourth-order valence-corrected chi connectivity index (χ4v) is 1.95. The molecular formula is C16H25NO3. The van der Waals surface area contributed by atoms with Gasteiger partial charge in [0, 0.05) is 11.6 Å². The Bertz CT molecular complexity index is 432. The maximum absolute atomic E-state index is 11.1. The van der Waals surface area contributed by atoms with Crippen LogP contribution in [0.25, 0.3) is 0 Å². The van der Waals surface area contributed by atoms with E-state index in [0.717, 1.165) is 24.3 Å². The molecule has 0 heterocycles. The first-order chi connectivity index (χ1) is 9.58. The van der Waals surface area contributed by atoms with E-state index in [9.17, 15) is 4.79 Å². The number of rotatable bonds is 8. The number of benzene rings is 1. The summed E-state index contributed by atoms with van der Waals surface area (Å²) >= 11 is 0. The molecule has 0 bridgehead atoms. The average Bonchev–Trinajstić information content (AvgIpc) is 2.45. The number of methoxy groups -OCH3 is 1. The van der Waals surface area contributed by atoms with Gasteiger partial charge in [0.15, 0.2) is 0 Å². The summed E-state index contributed by atoms with van der Waals surface area (Å²) in [5.74, 6) is 0.575. The highest BCUT2D eigenvalue weighted by atomic mass is 16.5. The second kappa shape index (κ2) is 8.59. The molecule has 4 nitrogen and oxygen atoms in total. The van der Waals surface area contributed by atoms with Gasteiger partial charge >= 0.3 is 5.97 Å². The normalized spacial score (nSPS) is 12.0. The van der Waals surface area contributed by atoms with Gasteiger partial charge in [0.05, 0.1) is 20.1 Å². The predicted octanol–water partition coefficient (Wildman–Crippen LogP) is 3.00. The monoisotopic (exact) mass is 279 g/mol. The van der Waals surface area contributed by atoms with Gasteiger partial charge in [0.25, 0.3) is 0 Å². The molecule has 1 unspecified atom stereocenters. The van der Waals surface area contributed by atoms with Crippen molar-refractivity contribution in [3.63, 3.8) is 0 Å². The SMILES string of the molecule is CCCNC(C)c1cc(C)ccc1OCCC(=O)OC. The molecule has 1 rings (SSSR count). The minimum Gasteiger partial charge on any atom is -0.493 e. The van der Waals surface area contributed by atoms with Crippen LogP contribution in [0.2, 0.25) is 0 Å². The fourth-order valence-electron chi connectivity index (χ4n) is 1.95. The molecule has 0 fully saturated rings. The molecule has 0 aliphatic rings. The molecule has 112 valence electrons. The summed E-state index contributed by atoms with van der Waals surface area (Å²) < 4.78 is 10.3. The average molecular weight is 279 g/mol. The number of nitrogens with one attached hydrogen (secondary N) is 1. The number of esters is 1. The Hall–Kier alpha value is -1.55. The standard InChI is InChI=1S/C16H25NO3/c1-5-9-17-13(3)14-11-12(2)6-7-15(14)20-10-8-16(18)19-4/h6-7,11,13,17H,5,8-10H2,1-4H3. The first-order valence-electron chi connectivity index (χ1n) is 7.12. The molecule has 0 aliphatic heterocycles.